The topological polar surface area (TPSA) is 54.9 Å². The molecule has 8 heteroatoms. The first-order valence-corrected chi connectivity index (χ1v) is 9.60. The van der Waals surface area contributed by atoms with Crippen LogP contribution >= 0.6 is 47.2 Å². The number of benzene rings is 1. The second kappa shape index (κ2) is 11.0. The molecule has 0 aromatic heterocycles. The number of methoxy groups -OCH3 is 1. The molecule has 0 spiro atoms. The number of hydrogen-bond acceptors (Lipinski definition) is 3. The lowest BCUT2D eigenvalue weighted by Gasteiger charge is -2.39. The molecule has 0 unspecified atom stereocenters. The molecule has 1 aliphatic heterocycles. The molecule has 0 bridgehead atoms. The van der Waals surface area contributed by atoms with Gasteiger partial charge in [-0.3, -0.25) is 4.99 Å². The monoisotopic (exact) mass is 529 g/mol. The van der Waals surface area contributed by atoms with Crippen molar-refractivity contribution in [1.29, 1.82) is 0 Å². The zero-order chi connectivity index (χ0) is 19.2. The van der Waals surface area contributed by atoms with Crippen molar-refractivity contribution >= 4 is 53.1 Å². The second-order valence-electron chi connectivity index (χ2n) is 7.26. The van der Waals surface area contributed by atoms with E-state index in [2.05, 4.69) is 15.6 Å². The predicted octanol–water partition coefficient (Wildman–Crippen LogP) is 4.25. The van der Waals surface area contributed by atoms with Gasteiger partial charge in [0.25, 0.3) is 0 Å². The highest BCUT2D eigenvalue weighted by Crippen LogP contribution is 2.39. The summed E-state index contributed by atoms with van der Waals surface area (Å²) in [7, 11) is 3.47. The van der Waals surface area contributed by atoms with Crippen LogP contribution in [0, 0.1) is 0 Å². The molecule has 1 aromatic carbocycles. The van der Waals surface area contributed by atoms with Crippen molar-refractivity contribution < 1.29 is 9.47 Å². The van der Waals surface area contributed by atoms with Gasteiger partial charge in [0.1, 0.15) is 0 Å². The molecule has 154 valence electrons. The van der Waals surface area contributed by atoms with Crippen molar-refractivity contribution in [2.24, 2.45) is 4.99 Å². The Morgan fingerprint density at radius 3 is 2.48 bits per heavy atom. The molecule has 1 aliphatic rings. The molecule has 1 aromatic rings. The van der Waals surface area contributed by atoms with E-state index in [0.717, 1.165) is 24.4 Å². The Morgan fingerprint density at radius 2 is 1.93 bits per heavy atom. The molecule has 1 saturated heterocycles. The van der Waals surface area contributed by atoms with E-state index in [1.54, 1.807) is 14.2 Å². The third kappa shape index (κ3) is 6.92. The number of guanidine groups is 1. The van der Waals surface area contributed by atoms with E-state index < -0.39 is 0 Å². The van der Waals surface area contributed by atoms with Gasteiger partial charge in [0.05, 0.1) is 5.60 Å². The van der Waals surface area contributed by atoms with E-state index in [-0.39, 0.29) is 35.0 Å². The molecule has 0 aliphatic carbocycles. The first kappa shape index (κ1) is 24.8. The Hall–Kier alpha value is -0.280. The highest BCUT2D eigenvalue weighted by atomic mass is 127. The Balaban J connectivity index is 0.00000364. The Labute approximate surface area is 189 Å². The standard InChI is InChI=1S/C19H29Cl2N3O2.HI/c1-18(2,25-4)12-23-17(22-3)24-13-19(7-9-26-10-8-19)15-6-5-14(20)11-16(15)21;/h5-6,11H,7-10,12-13H2,1-4H3,(H2,22,23,24);1H. The van der Waals surface area contributed by atoms with Crippen LogP contribution in [0.5, 0.6) is 0 Å². The molecule has 2 N–H and O–H groups in total. The third-order valence-corrected chi connectivity index (χ3v) is 5.55. The minimum atomic E-state index is -0.270. The Kier molecular flexibility index (Phi) is 10.1. The summed E-state index contributed by atoms with van der Waals surface area (Å²) in [5, 5.41) is 8.12. The van der Waals surface area contributed by atoms with Gasteiger partial charge in [0, 0.05) is 55.9 Å². The first-order valence-electron chi connectivity index (χ1n) is 8.85. The van der Waals surface area contributed by atoms with Gasteiger partial charge in [0.15, 0.2) is 5.96 Å². The van der Waals surface area contributed by atoms with Crippen LogP contribution in [-0.2, 0) is 14.9 Å². The second-order valence-corrected chi connectivity index (χ2v) is 8.10. The maximum atomic E-state index is 6.53. The molecule has 1 heterocycles. The van der Waals surface area contributed by atoms with Gasteiger partial charge in [-0.2, -0.15) is 0 Å². The minimum Gasteiger partial charge on any atom is -0.381 e. The molecular weight excluding hydrogens is 500 g/mol. The number of nitrogens with one attached hydrogen (secondary N) is 2. The van der Waals surface area contributed by atoms with Crippen molar-refractivity contribution in [3.8, 4) is 0 Å². The number of ether oxygens (including phenoxy) is 2. The van der Waals surface area contributed by atoms with Crippen LogP contribution in [0.25, 0.3) is 0 Å². The Bertz CT molecular complexity index is 635. The van der Waals surface area contributed by atoms with Gasteiger partial charge in [-0.25, -0.2) is 0 Å². The molecule has 27 heavy (non-hydrogen) atoms. The first-order chi connectivity index (χ1) is 12.3. The summed E-state index contributed by atoms with van der Waals surface area (Å²) in [4.78, 5) is 4.32. The van der Waals surface area contributed by atoms with E-state index in [1.807, 2.05) is 32.0 Å². The lowest BCUT2D eigenvalue weighted by molar-refractivity contribution is 0.0267. The van der Waals surface area contributed by atoms with Crippen molar-refractivity contribution in [2.75, 3.05) is 40.5 Å². The van der Waals surface area contributed by atoms with Gasteiger partial charge in [-0.15, -0.1) is 24.0 Å². The lowest BCUT2D eigenvalue weighted by Crippen LogP contribution is -2.50. The lowest BCUT2D eigenvalue weighted by atomic mass is 9.74. The van der Waals surface area contributed by atoms with Crippen molar-refractivity contribution in [2.45, 2.75) is 37.7 Å². The zero-order valence-electron chi connectivity index (χ0n) is 16.4. The summed E-state index contributed by atoms with van der Waals surface area (Å²) in [6, 6.07) is 5.74. The molecule has 0 atom stereocenters. The number of nitrogens with zero attached hydrogens (tertiary/aromatic N) is 1. The summed E-state index contributed by atoms with van der Waals surface area (Å²) in [5.74, 6) is 0.742. The van der Waals surface area contributed by atoms with Gasteiger partial charge < -0.3 is 20.1 Å². The molecule has 0 saturated carbocycles. The summed E-state index contributed by atoms with van der Waals surface area (Å²) in [6.07, 6.45) is 1.78. The summed E-state index contributed by atoms with van der Waals surface area (Å²) < 4.78 is 11.0. The van der Waals surface area contributed by atoms with Crippen LogP contribution in [0.3, 0.4) is 0 Å². The number of aliphatic imine (C=N–C) groups is 1. The molecule has 2 rings (SSSR count). The number of halogens is 3. The van der Waals surface area contributed by atoms with Crippen LogP contribution in [0.4, 0.5) is 0 Å². The fourth-order valence-electron chi connectivity index (χ4n) is 3.07. The fraction of sp³-hybridized carbons (Fsp3) is 0.632. The van der Waals surface area contributed by atoms with Gasteiger partial charge in [-0.1, -0.05) is 29.3 Å². The molecule has 5 nitrogen and oxygen atoms in total. The highest BCUT2D eigenvalue weighted by Gasteiger charge is 2.36. The smallest absolute Gasteiger partial charge is 0.191 e. The van der Waals surface area contributed by atoms with Crippen LogP contribution in [-0.4, -0.2) is 52.0 Å². The number of hydrogen-bond donors (Lipinski definition) is 2. The summed E-state index contributed by atoms with van der Waals surface area (Å²) in [6.45, 7) is 6.85. The van der Waals surface area contributed by atoms with E-state index in [9.17, 15) is 0 Å². The zero-order valence-corrected chi connectivity index (χ0v) is 20.2. The minimum absolute atomic E-state index is 0. The van der Waals surface area contributed by atoms with Crippen molar-refractivity contribution in [1.82, 2.24) is 10.6 Å². The largest absolute Gasteiger partial charge is 0.381 e. The van der Waals surface area contributed by atoms with Gasteiger partial charge in [-0.05, 0) is 44.4 Å². The van der Waals surface area contributed by atoms with E-state index in [1.165, 1.54) is 0 Å². The maximum Gasteiger partial charge on any atom is 0.191 e. The van der Waals surface area contributed by atoms with Crippen LogP contribution < -0.4 is 10.6 Å². The average Bonchev–Trinajstić information content (AvgIpc) is 2.62. The van der Waals surface area contributed by atoms with Crippen LogP contribution in [0.2, 0.25) is 10.0 Å². The maximum absolute atomic E-state index is 6.53. The van der Waals surface area contributed by atoms with E-state index >= 15 is 0 Å². The average molecular weight is 530 g/mol. The quantitative estimate of drug-likeness (QED) is 0.328. The van der Waals surface area contributed by atoms with Crippen LogP contribution in [0.1, 0.15) is 32.3 Å². The molecule has 1 fully saturated rings. The Morgan fingerprint density at radius 1 is 1.26 bits per heavy atom. The normalized spacial score (nSPS) is 17.2. The molecule has 0 radical (unpaired) electrons. The van der Waals surface area contributed by atoms with Crippen molar-refractivity contribution in [3.63, 3.8) is 0 Å². The molecule has 0 amide bonds. The van der Waals surface area contributed by atoms with Crippen LogP contribution in [0.15, 0.2) is 23.2 Å². The SMILES string of the molecule is CN=C(NCC(C)(C)OC)NCC1(c2ccc(Cl)cc2Cl)CCOCC1.I. The van der Waals surface area contributed by atoms with E-state index in [0.29, 0.717) is 36.3 Å². The fourth-order valence-corrected chi connectivity index (χ4v) is 3.67. The van der Waals surface area contributed by atoms with Gasteiger partial charge in [0.2, 0.25) is 0 Å². The predicted molar refractivity (Wildman–Crippen MR) is 124 cm³/mol. The summed E-state index contributed by atoms with van der Waals surface area (Å²) in [5.41, 5.74) is 0.717. The highest BCUT2D eigenvalue weighted by molar-refractivity contribution is 14.0. The third-order valence-electron chi connectivity index (χ3n) is 5.00. The number of rotatable bonds is 6. The van der Waals surface area contributed by atoms with Crippen molar-refractivity contribution in [3.05, 3.63) is 33.8 Å². The molecular formula is C19H30Cl2IN3O2. The van der Waals surface area contributed by atoms with Gasteiger partial charge >= 0.3 is 0 Å². The van der Waals surface area contributed by atoms with E-state index in [4.69, 9.17) is 32.7 Å². The summed E-state index contributed by atoms with van der Waals surface area (Å²) >= 11 is 12.6.